The topological polar surface area (TPSA) is 74.4 Å². The molecule has 2 amide bonds. The minimum Gasteiger partial charge on any atom is -0.497 e. The molecule has 6 nitrogen and oxygen atoms in total. The zero-order valence-electron chi connectivity index (χ0n) is 17.8. The summed E-state index contributed by atoms with van der Waals surface area (Å²) in [5.74, 6) is 0.671. The number of hydrogen-bond acceptors (Lipinski definition) is 3. The molecule has 0 radical (unpaired) electrons. The Bertz CT molecular complexity index is 1000. The van der Waals surface area contributed by atoms with Crippen LogP contribution >= 0.6 is 0 Å². The third kappa shape index (κ3) is 5.00. The Hall–Kier alpha value is -3.28. The van der Waals surface area contributed by atoms with Gasteiger partial charge in [-0.05, 0) is 60.9 Å². The number of anilines is 1. The van der Waals surface area contributed by atoms with E-state index in [1.165, 1.54) is 0 Å². The van der Waals surface area contributed by atoms with E-state index >= 15 is 0 Å². The van der Waals surface area contributed by atoms with Crippen LogP contribution in [0, 0.1) is 0 Å². The first-order valence-electron chi connectivity index (χ1n) is 10.4. The maximum absolute atomic E-state index is 12.7. The SMILES string of the molecule is CCCN(CCC)C(=O)c1ccc(NC(=O)Cc2c[nH]c3ccc(OC)cc23)cc1. The molecule has 0 atom stereocenters. The van der Waals surface area contributed by atoms with Gasteiger partial charge >= 0.3 is 0 Å². The van der Waals surface area contributed by atoms with Gasteiger partial charge in [0.2, 0.25) is 5.91 Å². The molecule has 30 heavy (non-hydrogen) atoms. The number of nitrogens with zero attached hydrogens (tertiary/aromatic N) is 1. The molecule has 3 rings (SSSR count). The van der Waals surface area contributed by atoms with Crippen molar-refractivity contribution in [1.82, 2.24) is 9.88 Å². The van der Waals surface area contributed by atoms with Gasteiger partial charge in [-0.3, -0.25) is 9.59 Å². The number of hydrogen-bond donors (Lipinski definition) is 2. The Labute approximate surface area is 177 Å². The second kappa shape index (κ2) is 9.96. The van der Waals surface area contributed by atoms with Crippen molar-refractivity contribution in [2.75, 3.05) is 25.5 Å². The van der Waals surface area contributed by atoms with Gasteiger partial charge in [-0.25, -0.2) is 0 Å². The van der Waals surface area contributed by atoms with Crippen LogP contribution in [0.4, 0.5) is 5.69 Å². The Balaban J connectivity index is 1.65. The third-order valence-electron chi connectivity index (χ3n) is 5.02. The first-order valence-corrected chi connectivity index (χ1v) is 10.4. The minimum absolute atomic E-state index is 0.0318. The van der Waals surface area contributed by atoms with Gasteiger partial charge in [0.05, 0.1) is 13.5 Å². The zero-order valence-corrected chi connectivity index (χ0v) is 17.8. The van der Waals surface area contributed by atoms with Gasteiger partial charge in [-0.15, -0.1) is 0 Å². The molecule has 0 saturated carbocycles. The van der Waals surface area contributed by atoms with Crippen LogP contribution in [0.3, 0.4) is 0 Å². The van der Waals surface area contributed by atoms with Crippen LogP contribution in [0.25, 0.3) is 10.9 Å². The Kier molecular flexibility index (Phi) is 7.12. The number of benzene rings is 2. The van der Waals surface area contributed by atoms with Crippen molar-refractivity contribution in [2.45, 2.75) is 33.1 Å². The second-order valence-corrected chi connectivity index (χ2v) is 7.32. The Morgan fingerprint density at radius 2 is 1.73 bits per heavy atom. The molecule has 0 unspecified atom stereocenters. The van der Waals surface area contributed by atoms with E-state index in [0.717, 1.165) is 48.1 Å². The lowest BCUT2D eigenvalue weighted by atomic mass is 10.1. The van der Waals surface area contributed by atoms with Crippen LogP contribution in [-0.2, 0) is 11.2 Å². The smallest absolute Gasteiger partial charge is 0.253 e. The average molecular weight is 408 g/mol. The van der Waals surface area contributed by atoms with Crippen molar-refractivity contribution in [3.8, 4) is 5.75 Å². The second-order valence-electron chi connectivity index (χ2n) is 7.32. The maximum atomic E-state index is 12.7. The molecule has 6 heteroatoms. The number of methoxy groups -OCH3 is 1. The van der Waals surface area contributed by atoms with Crippen molar-refractivity contribution in [2.24, 2.45) is 0 Å². The molecule has 0 saturated heterocycles. The average Bonchev–Trinajstić information content (AvgIpc) is 3.15. The van der Waals surface area contributed by atoms with Crippen LogP contribution in [0.1, 0.15) is 42.6 Å². The zero-order chi connectivity index (χ0) is 21.5. The van der Waals surface area contributed by atoms with Crippen molar-refractivity contribution in [1.29, 1.82) is 0 Å². The third-order valence-corrected chi connectivity index (χ3v) is 5.02. The van der Waals surface area contributed by atoms with Gasteiger partial charge in [0.25, 0.3) is 5.91 Å². The van der Waals surface area contributed by atoms with Gasteiger partial charge < -0.3 is 19.9 Å². The summed E-state index contributed by atoms with van der Waals surface area (Å²) in [4.78, 5) is 30.3. The van der Waals surface area contributed by atoms with Crippen LogP contribution in [-0.4, -0.2) is 41.9 Å². The first-order chi connectivity index (χ1) is 14.5. The van der Waals surface area contributed by atoms with E-state index in [1.807, 2.05) is 29.3 Å². The first kappa shape index (κ1) is 21.4. The number of carbonyl (C=O) groups excluding carboxylic acids is 2. The highest BCUT2D eigenvalue weighted by Gasteiger charge is 2.15. The molecule has 0 bridgehead atoms. The number of nitrogens with one attached hydrogen (secondary N) is 2. The number of rotatable bonds is 9. The molecular weight excluding hydrogens is 378 g/mol. The van der Waals surface area contributed by atoms with E-state index in [1.54, 1.807) is 31.4 Å². The summed E-state index contributed by atoms with van der Waals surface area (Å²) in [6.07, 6.45) is 3.95. The molecule has 1 heterocycles. The molecule has 0 spiro atoms. The normalized spacial score (nSPS) is 10.8. The summed E-state index contributed by atoms with van der Waals surface area (Å²) >= 11 is 0. The molecule has 2 aromatic carbocycles. The summed E-state index contributed by atoms with van der Waals surface area (Å²) in [7, 11) is 1.62. The van der Waals surface area contributed by atoms with Crippen LogP contribution in [0.5, 0.6) is 5.75 Å². The minimum atomic E-state index is -0.114. The van der Waals surface area contributed by atoms with E-state index in [4.69, 9.17) is 4.74 Å². The lowest BCUT2D eigenvalue weighted by molar-refractivity contribution is -0.115. The molecule has 0 fully saturated rings. The summed E-state index contributed by atoms with van der Waals surface area (Å²) in [6.45, 7) is 5.64. The number of aromatic amines is 1. The fourth-order valence-corrected chi connectivity index (χ4v) is 3.54. The molecule has 0 aliphatic heterocycles. The number of amides is 2. The van der Waals surface area contributed by atoms with Crippen LogP contribution < -0.4 is 10.1 Å². The monoisotopic (exact) mass is 407 g/mol. The Morgan fingerprint density at radius 3 is 2.37 bits per heavy atom. The van der Waals surface area contributed by atoms with Gasteiger partial charge in [0, 0.05) is 41.4 Å². The standard InChI is InChI=1S/C24H29N3O3/c1-4-12-27(13-5-2)24(29)17-6-8-19(9-7-17)26-23(28)14-18-16-25-22-11-10-20(30-3)15-21(18)22/h6-11,15-16,25H,4-5,12-14H2,1-3H3,(H,26,28). The number of fused-ring (bicyclic) bond motifs is 1. The van der Waals surface area contributed by atoms with Gasteiger partial charge in [-0.1, -0.05) is 13.8 Å². The van der Waals surface area contributed by atoms with E-state index in [2.05, 4.69) is 24.1 Å². The summed E-state index contributed by atoms with van der Waals surface area (Å²) in [5, 5.41) is 3.88. The molecule has 2 N–H and O–H groups in total. The molecule has 0 aliphatic rings. The highest BCUT2D eigenvalue weighted by Crippen LogP contribution is 2.24. The predicted molar refractivity (Wildman–Crippen MR) is 120 cm³/mol. The fraction of sp³-hybridized carbons (Fsp3) is 0.333. The van der Waals surface area contributed by atoms with Crippen molar-refractivity contribution >= 4 is 28.4 Å². The van der Waals surface area contributed by atoms with Gasteiger partial charge in [-0.2, -0.15) is 0 Å². The number of carbonyl (C=O) groups is 2. The van der Waals surface area contributed by atoms with Crippen LogP contribution in [0.15, 0.2) is 48.7 Å². The molecular formula is C24H29N3O3. The lowest BCUT2D eigenvalue weighted by Gasteiger charge is -2.21. The van der Waals surface area contributed by atoms with E-state index in [-0.39, 0.29) is 18.2 Å². The summed E-state index contributed by atoms with van der Waals surface area (Å²) in [6, 6.07) is 12.8. The largest absolute Gasteiger partial charge is 0.497 e. The van der Waals surface area contributed by atoms with Crippen molar-refractivity contribution in [3.05, 3.63) is 59.8 Å². The summed E-state index contributed by atoms with van der Waals surface area (Å²) in [5.41, 5.74) is 3.18. The van der Waals surface area contributed by atoms with Crippen LogP contribution in [0.2, 0.25) is 0 Å². The fourth-order valence-electron chi connectivity index (χ4n) is 3.54. The predicted octanol–water partition coefficient (Wildman–Crippen LogP) is 4.62. The number of H-pyrrole nitrogens is 1. The maximum Gasteiger partial charge on any atom is 0.253 e. The number of ether oxygens (including phenoxy) is 1. The lowest BCUT2D eigenvalue weighted by Crippen LogP contribution is -2.32. The molecule has 3 aromatic rings. The number of aromatic nitrogens is 1. The molecule has 158 valence electrons. The van der Waals surface area contributed by atoms with Crippen molar-refractivity contribution < 1.29 is 14.3 Å². The highest BCUT2D eigenvalue weighted by atomic mass is 16.5. The van der Waals surface area contributed by atoms with E-state index in [9.17, 15) is 9.59 Å². The van der Waals surface area contributed by atoms with E-state index in [0.29, 0.717) is 11.3 Å². The van der Waals surface area contributed by atoms with Gasteiger partial charge in [0.15, 0.2) is 0 Å². The van der Waals surface area contributed by atoms with Crippen molar-refractivity contribution in [3.63, 3.8) is 0 Å². The van der Waals surface area contributed by atoms with Gasteiger partial charge in [0.1, 0.15) is 5.75 Å². The molecule has 0 aliphatic carbocycles. The quantitative estimate of drug-likeness (QED) is 0.543. The Morgan fingerprint density at radius 1 is 1.03 bits per heavy atom. The van der Waals surface area contributed by atoms with E-state index < -0.39 is 0 Å². The molecule has 1 aromatic heterocycles. The summed E-state index contributed by atoms with van der Waals surface area (Å²) < 4.78 is 5.28. The highest BCUT2D eigenvalue weighted by molar-refractivity contribution is 5.97.